The van der Waals surface area contributed by atoms with Gasteiger partial charge in [0.05, 0.1) is 12.1 Å². The van der Waals surface area contributed by atoms with Crippen LogP contribution in [-0.4, -0.2) is 54.3 Å². The van der Waals surface area contributed by atoms with Gasteiger partial charge in [-0.25, -0.2) is 4.39 Å². The molecular formula is C22H26FN3O2. The molecule has 0 saturated carbocycles. The van der Waals surface area contributed by atoms with Gasteiger partial charge < -0.3 is 10.2 Å². The van der Waals surface area contributed by atoms with Crippen LogP contribution in [0.5, 0.6) is 0 Å². The Morgan fingerprint density at radius 3 is 2.54 bits per heavy atom. The molecule has 0 aromatic heterocycles. The molecule has 0 atom stereocenters. The van der Waals surface area contributed by atoms with E-state index in [4.69, 9.17) is 0 Å². The van der Waals surface area contributed by atoms with E-state index in [9.17, 15) is 14.0 Å². The Hall–Kier alpha value is -2.73. The van der Waals surface area contributed by atoms with Crippen molar-refractivity contribution in [1.82, 2.24) is 15.1 Å². The van der Waals surface area contributed by atoms with E-state index in [0.29, 0.717) is 13.1 Å². The molecule has 0 unspecified atom stereocenters. The van der Waals surface area contributed by atoms with Crippen LogP contribution in [0.1, 0.15) is 27.9 Å². The molecule has 5 nitrogen and oxygen atoms in total. The van der Waals surface area contributed by atoms with E-state index in [1.54, 1.807) is 11.0 Å². The molecule has 2 amide bonds. The number of rotatable bonds is 5. The number of halogens is 1. The normalized spacial score (nSPS) is 15.1. The van der Waals surface area contributed by atoms with Crippen molar-refractivity contribution in [1.29, 1.82) is 0 Å². The van der Waals surface area contributed by atoms with E-state index in [1.165, 1.54) is 29.3 Å². The molecule has 28 heavy (non-hydrogen) atoms. The number of hydrogen-bond acceptors (Lipinski definition) is 3. The second kappa shape index (κ2) is 9.46. The fourth-order valence-corrected chi connectivity index (χ4v) is 3.42. The minimum Gasteiger partial charge on any atom is -0.343 e. The highest BCUT2D eigenvalue weighted by Gasteiger charge is 2.20. The maximum atomic E-state index is 13.7. The lowest BCUT2D eigenvalue weighted by molar-refractivity contribution is -0.130. The average Bonchev–Trinajstić information content (AvgIpc) is 2.94. The predicted molar refractivity (Wildman–Crippen MR) is 106 cm³/mol. The third-order valence-electron chi connectivity index (χ3n) is 5.12. The summed E-state index contributed by atoms with van der Waals surface area (Å²) in [5, 5.41) is 2.53. The van der Waals surface area contributed by atoms with Crippen molar-refractivity contribution in [3.05, 3.63) is 71.0 Å². The van der Waals surface area contributed by atoms with Gasteiger partial charge in [-0.2, -0.15) is 0 Å². The van der Waals surface area contributed by atoms with Gasteiger partial charge >= 0.3 is 0 Å². The summed E-state index contributed by atoms with van der Waals surface area (Å²) in [7, 11) is 0. The molecule has 6 heteroatoms. The summed E-state index contributed by atoms with van der Waals surface area (Å²) in [5.41, 5.74) is 2.53. The molecule has 2 aromatic carbocycles. The molecular weight excluding hydrogens is 357 g/mol. The number of amides is 2. The average molecular weight is 383 g/mol. The smallest absolute Gasteiger partial charge is 0.254 e. The molecule has 1 N–H and O–H groups in total. The molecule has 2 aromatic rings. The number of nitrogens with zero attached hydrogens (tertiary/aromatic N) is 2. The zero-order valence-corrected chi connectivity index (χ0v) is 16.2. The van der Waals surface area contributed by atoms with Gasteiger partial charge in [0.15, 0.2) is 0 Å². The fraction of sp³-hybridized carbons (Fsp3) is 0.364. The summed E-state index contributed by atoms with van der Waals surface area (Å²) in [6.07, 6.45) is 0.888. The highest BCUT2D eigenvalue weighted by molar-refractivity contribution is 5.96. The Balaban J connectivity index is 1.49. The van der Waals surface area contributed by atoms with Gasteiger partial charge in [0.2, 0.25) is 5.91 Å². The molecule has 0 aliphatic carbocycles. The van der Waals surface area contributed by atoms with Crippen molar-refractivity contribution >= 4 is 11.8 Å². The lowest BCUT2D eigenvalue weighted by Gasteiger charge is -2.22. The molecule has 1 saturated heterocycles. The number of hydrogen-bond donors (Lipinski definition) is 1. The van der Waals surface area contributed by atoms with Crippen molar-refractivity contribution in [2.24, 2.45) is 0 Å². The molecule has 1 fully saturated rings. The van der Waals surface area contributed by atoms with Crippen LogP contribution in [0.3, 0.4) is 0 Å². The highest BCUT2D eigenvalue weighted by atomic mass is 19.1. The molecule has 0 spiro atoms. The van der Waals surface area contributed by atoms with Crippen molar-refractivity contribution in [2.75, 3.05) is 32.7 Å². The number of benzene rings is 2. The molecule has 1 heterocycles. The summed E-state index contributed by atoms with van der Waals surface area (Å²) in [6, 6.07) is 14.1. The second-order valence-corrected chi connectivity index (χ2v) is 7.10. The van der Waals surface area contributed by atoms with Crippen LogP contribution < -0.4 is 5.32 Å². The predicted octanol–water partition coefficient (Wildman–Crippen LogP) is 2.60. The van der Waals surface area contributed by atoms with Crippen molar-refractivity contribution < 1.29 is 14.0 Å². The molecule has 0 radical (unpaired) electrons. The van der Waals surface area contributed by atoms with Crippen LogP contribution in [0.4, 0.5) is 4.39 Å². The summed E-state index contributed by atoms with van der Waals surface area (Å²) < 4.78 is 13.7. The van der Waals surface area contributed by atoms with E-state index in [0.717, 1.165) is 26.1 Å². The Morgan fingerprint density at radius 2 is 1.75 bits per heavy atom. The monoisotopic (exact) mass is 383 g/mol. The summed E-state index contributed by atoms with van der Waals surface area (Å²) >= 11 is 0. The number of carbonyl (C=O) groups is 2. The summed E-state index contributed by atoms with van der Waals surface area (Å²) in [4.78, 5) is 28.7. The van der Waals surface area contributed by atoms with E-state index < -0.39 is 11.7 Å². The Kier molecular flexibility index (Phi) is 6.76. The topological polar surface area (TPSA) is 52.6 Å². The first-order valence-corrected chi connectivity index (χ1v) is 9.62. The van der Waals surface area contributed by atoms with Crippen LogP contribution in [0.25, 0.3) is 0 Å². The van der Waals surface area contributed by atoms with Gasteiger partial charge in [0.25, 0.3) is 5.91 Å². The quantitative estimate of drug-likeness (QED) is 0.864. The molecule has 148 valence electrons. The van der Waals surface area contributed by atoms with Gasteiger partial charge in [0.1, 0.15) is 5.82 Å². The van der Waals surface area contributed by atoms with E-state index >= 15 is 0 Å². The van der Waals surface area contributed by atoms with E-state index in [1.807, 2.05) is 12.1 Å². The van der Waals surface area contributed by atoms with Crippen molar-refractivity contribution in [3.8, 4) is 0 Å². The van der Waals surface area contributed by atoms with E-state index in [-0.39, 0.29) is 18.0 Å². The van der Waals surface area contributed by atoms with Gasteiger partial charge in [0, 0.05) is 32.7 Å². The SMILES string of the molecule is Cc1ccccc1CN1CCCN(C(=O)CNC(=O)c2ccccc2F)CC1. The van der Waals surface area contributed by atoms with Crippen LogP contribution in [-0.2, 0) is 11.3 Å². The highest BCUT2D eigenvalue weighted by Crippen LogP contribution is 2.13. The summed E-state index contributed by atoms with van der Waals surface area (Å²) in [5.74, 6) is -1.29. The van der Waals surface area contributed by atoms with Crippen LogP contribution in [0.2, 0.25) is 0 Å². The second-order valence-electron chi connectivity index (χ2n) is 7.10. The van der Waals surface area contributed by atoms with Gasteiger partial charge in [-0.1, -0.05) is 36.4 Å². The van der Waals surface area contributed by atoms with Crippen molar-refractivity contribution in [2.45, 2.75) is 19.9 Å². The fourth-order valence-electron chi connectivity index (χ4n) is 3.42. The molecule has 1 aliphatic heterocycles. The third-order valence-corrected chi connectivity index (χ3v) is 5.12. The number of nitrogens with one attached hydrogen (secondary N) is 1. The maximum Gasteiger partial charge on any atom is 0.254 e. The summed E-state index contributed by atoms with van der Waals surface area (Å²) in [6.45, 7) is 5.88. The number of aryl methyl sites for hydroxylation is 1. The zero-order chi connectivity index (χ0) is 19.9. The van der Waals surface area contributed by atoms with Crippen LogP contribution >= 0.6 is 0 Å². The Labute approximate surface area is 165 Å². The van der Waals surface area contributed by atoms with Gasteiger partial charge in [-0.15, -0.1) is 0 Å². The Morgan fingerprint density at radius 1 is 1.00 bits per heavy atom. The van der Waals surface area contributed by atoms with Crippen LogP contribution in [0.15, 0.2) is 48.5 Å². The first kappa shape index (κ1) is 20.0. The van der Waals surface area contributed by atoms with Gasteiger partial charge in [-0.05, 0) is 36.6 Å². The lowest BCUT2D eigenvalue weighted by atomic mass is 10.1. The molecule has 3 rings (SSSR count). The lowest BCUT2D eigenvalue weighted by Crippen LogP contribution is -2.42. The standard InChI is InChI=1S/C22H26FN3O2/c1-17-7-2-3-8-18(17)16-25-11-6-12-26(14-13-25)21(27)15-24-22(28)19-9-4-5-10-20(19)23/h2-5,7-10H,6,11-16H2,1H3,(H,24,28). The first-order valence-electron chi connectivity index (χ1n) is 9.62. The molecule has 0 bridgehead atoms. The minimum absolute atomic E-state index is 0.0458. The largest absolute Gasteiger partial charge is 0.343 e. The third kappa shape index (κ3) is 5.16. The zero-order valence-electron chi connectivity index (χ0n) is 16.2. The van der Waals surface area contributed by atoms with E-state index in [2.05, 4.69) is 29.3 Å². The number of carbonyl (C=O) groups excluding carboxylic acids is 2. The Bertz CT molecular complexity index is 840. The first-order chi connectivity index (χ1) is 13.5. The molecule has 1 aliphatic rings. The minimum atomic E-state index is -0.589. The van der Waals surface area contributed by atoms with Crippen LogP contribution in [0, 0.1) is 12.7 Å². The van der Waals surface area contributed by atoms with Gasteiger partial charge in [-0.3, -0.25) is 14.5 Å². The van der Waals surface area contributed by atoms with Crippen molar-refractivity contribution in [3.63, 3.8) is 0 Å². The maximum absolute atomic E-state index is 13.7.